The second-order valence-electron chi connectivity index (χ2n) is 6.49. The molecular weight excluding hydrogens is 400 g/mol. The van der Waals surface area contributed by atoms with Gasteiger partial charge in [-0.1, -0.05) is 0 Å². The van der Waals surface area contributed by atoms with Gasteiger partial charge in [-0.25, -0.2) is 9.97 Å². The van der Waals surface area contributed by atoms with Gasteiger partial charge in [0.25, 0.3) is 0 Å². The van der Waals surface area contributed by atoms with Crippen LogP contribution in [0.5, 0.6) is 5.75 Å². The Labute approximate surface area is 161 Å². The first-order valence-corrected chi connectivity index (χ1v) is 8.41. The maximum Gasteiger partial charge on any atom is 0.416 e. The molecule has 1 heterocycles. The summed E-state index contributed by atoms with van der Waals surface area (Å²) in [4.78, 5) is 8.02. The van der Waals surface area contributed by atoms with E-state index in [4.69, 9.17) is 4.74 Å². The van der Waals surface area contributed by atoms with E-state index in [-0.39, 0.29) is 18.0 Å². The van der Waals surface area contributed by atoms with Crippen molar-refractivity contribution in [3.05, 3.63) is 53.9 Å². The number of alkyl halides is 6. The summed E-state index contributed by atoms with van der Waals surface area (Å²) in [5.74, 6) is 0.516. The molecular formula is C19H15F6N3O. The van der Waals surface area contributed by atoms with Crippen LogP contribution in [0.1, 0.15) is 25.0 Å². The average Bonchev–Trinajstić information content (AvgIpc) is 2.60. The molecule has 0 aliphatic carbocycles. The van der Waals surface area contributed by atoms with Gasteiger partial charge in [0.15, 0.2) is 0 Å². The van der Waals surface area contributed by atoms with Crippen molar-refractivity contribution in [3.63, 3.8) is 0 Å². The lowest BCUT2D eigenvalue weighted by atomic mass is 10.1. The van der Waals surface area contributed by atoms with Gasteiger partial charge in [-0.2, -0.15) is 26.3 Å². The molecule has 0 saturated heterocycles. The van der Waals surface area contributed by atoms with Crippen LogP contribution < -0.4 is 10.1 Å². The van der Waals surface area contributed by atoms with E-state index in [2.05, 4.69) is 15.3 Å². The van der Waals surface area contributed by atoms with E-state index in [1.807, 2.05) is 13.8 Å². The Morgan fingerprint density at radius 2 is 1.48 bits per heavy atom. The van der Waals surface area contributed by atoms with Crippen molar-refractivity contribution in [1.29, 1.82) is 0 Å². The summed E-state index contributed by atoms with van der Waals surface area (Å²) in [7, 11) is 0. The van der Waals surface area contributed by atoms with Crippen LogP contribution >= 0.6 is 0 Å². The Morgan fingerprint density at radius 3 is 2.03 bits per heavy atom. The van der Waals surface area contributed by atoms with Crippen molar-refractivity contribution in [2.45, 2.75) is 32.3 Å². The molecule has 0 unspecified atom stereocenters. The minimum Gasteiger partial charge on any atom is -0.491 e. The minimum atomic E-state index is -4.94. The molecule has 1 N–H and O–H groups in total. The third-order valence-electron chi connectivity index (χ3n) is 3.83. The van der Waals surface area contributed by atoms with Gasteiger partial charge in [0.1, 0.15) is 17.9 Å². The standard InChI is InChI=1S/C19H15F6N3O/c1-10(2)29-14-3-4-16-15(8-14)17(27-9-26-16)28-13-6-11(18(20,21)22)5-12(7-13)19(23,24)25/h3-10H,1-2H3,(H,26,27,28). The molecule has 0 aliphatic rings. The van der Waals surface area contributed by atoms with Crippen LogP contribution in [0, 0.1) is 0 Å². The molecule has 0 spiro atoms. The quantitative estimate of drug-likeness (QED) is 0.516. The molecule has 3 rings (SSSR count). The highest BCUT2D eigenvalue weighted by atomic mass is 19.4. The number of anilines is 2. The number of hydrogen-bond donors (Lipinski definition) is 1. The third-order valence-corrected chi connectivity index (χ3v) is 3.83. The second-order valence-corrected chi connectivity index (χ2v) is 6.49. The fourth-order valence-corrected chi connectivity index (χ4v) is 2.64. The zero-order chi connectivity index (χ0) is 21.4. The summed E-state index contributed by atoms with van der Waals surface area (Å²) in [6.45, 7) is 3.62. The van der Waals surface area contributed by atoms with Crippen molar-refractivity contribution in [2.24, 2.45) is 0 Å². The molecule has 0 saturated carbocycles. The fourth-order valence-electron chi connectivity index (χ4n) is 2.64. The molecule has 29 heavy (non-hydrogen) atoms. The molecule has 0 aliphatic heterocycles. The van der Waals surface area contributed by atoms with E-state index in [0.29, 0.717) is 28.8 Å². The smallest absolute Gasteiger partial charge is 0.416 e. The molecule has 0 bridgehead atoms. The van der Waals surface area contributed by atoms with E-state index in [1.165, 1.54) is 0 Å². The molecule has 154 valence electrons. The third kappa shape index (κ3) is 4.87. The van der Waals surface area contributed by atoms with Crippen LogP contribution in [0.15, 0.2) is 42.7 Å². The van der Waals surface area contributed by atoms with Crippen molar-refractivity contribution >= 4 is 22.4 Å². The summed E-state index contributed by atoms with van der Waals surface area (Å²) < 4.78 is 84.0. The Bertz CT molecular complexity index is 998. The Hall–Kier alpha value is -3.04. The Morgan fingerprint density at radius 1 is 0.862 bits per heavy atom. The van der Waals surface area contributed by atoms with Gasteiger partial charge in [-0.15, -0.1) is 0 Å². The Kier molecular flexibility index (Phi) is 5.29. The summed E-state index contributed by atoms with van der Waals surface area (Å²) in [5.41, 5.74) is -2.79. The van der Waals surface area contributed by atoms with Crippen LogP contribution in [0.25, 0.3) is 10.9 Å². The molecule has 2 aromatic carbocycles. The fraction of sp³-hybridized carbons (Fsp3) is 0.263. The molecule has 4 nitrogen and oxygen atoms in total. The first-order chi connectivity index (χ1) is 13.4. The van der Waals surface area contributed by atoms with E-state index in [0.717, 1.165) is 6.33 Å². The highest BCUT2D eigenvalue weighted by Gasteiger charge is 2.37. The van der Waals surface area contributed by atoms with Crippen LogP contribution in [-0.2, 0) is 12.4 Å². The summed E-state index contributed by atoms with van der Waals surface area (Å²) in [5, 5.41) is 2.93. The van der Waals surface area contributed by atoms with E-state index in [1.54, 1.807) is 18.2 Å². The van der Waals surface area contributed by atoms with E-state index in [9.17, 15) is 26.3 Å². The maximum absolute atomic E-state index is 13.1. The molecule has 10 heteroatoms. The lowest BCUT2D eigenvalue weighted by molar-refractivity contribution is -0.143. The highest BCUT2D eigenvalue weighted by Crippen LogP contribution is 2.38. The van der Waals surface area contributed by atoms with Crippen LogP contribution in [0.2, 0.25) is 0 Å². The van der Waals surface area contributed by atoms with Gasteiger partial charge >= 0.3 is 12.4 Å². The largest absolute Gasteiger partial charge is 0.491 e. The van der Waals surface area contributed by atoms with Crippen LogP contribution in [0.4, 0.5) is 37.8 Å². The monoisotopic (exact) mass is 415 g/mol. The molecule has 0 radical (unpaired) electrons. The number of hydrogen-bond acceptors (Lipinski definition) is 4. The second kappa shape index (κ2) is 7.41. The van der Waals surface area contributed by atoms with E-state index < -0.39 is 29.2 Å². The highest BCUT2D eigenvalue weighted by molar-refractivity contribution is 5.91. The Balaban J connectivity index is 2.08. The lowest BCUT2D eigenvalue weighted by Gasteiger charge is -2.16. The first kappa shape index (κ1) is 20.7. The van der Waals surface area contributed by atoms with Gasteiger partial charge in [0, 0.05) is 11.1 Å². The predicted octanol–water partition coefficient (Wildman–Crippen LogP) is 6.20. The van der Waals surface area contributed by atoms with E-state index >= 15 is 0 Å². The predicted molar refractivity (Wildman–Crippen MR) is 95.0 cm³/mol. The van der Waals surface area contributed by atoms with Gasteiger partial charge in [0.2, 0.25) is 0 Å². The molecule has 0 fully saturated rings. The number of rotatable bonds is 4. The molecule has 0 atom stereocenters. The van der Waals surface area contributed by atoms with Crippen molar-refractivity contribution in [1.82, 2.24) is 9.97 Å². The van der Waals surface area contributed by atoms with Crippen LogP contribution in [-0.4, -0.2) is 16.1 Å². The van der Waals surface area contributed by atoms with Crippen LogP contribution in [0.3, 0.4) is 0 Å². The molecule has 1 aromatic heterocycles. The van der Waals surface area contributed by atoms with Gasteiger partial charge in [0.05, 0.1) is 22.7 Å². The number of benzene rings is 2. The number of aromatic nitrogens is 2. The minimum absolute atomic E-state index is 0.0525. The van der Waals surface area contributed by atoms with Crippen molar-refractivity contribution < 1.29 is 31.1 Å². The normalized spacial score (nSPS) is 12.4. The number of nitrogens with one attached hydrogen (secondary N) is 1. The van der Waals surface area contributed by atoms with Gasteiger partial charge in [-0.05, 0) is 50.2 Å². The number of nitrogens with zero attached hydrogens (tertiary/aromatic N) is 2. The summed E-state index contributed by atoms with van der Waals surface area (Å²) in [6, 6.07) is 6.10. The zero-order valence-electron chi connectivity index (χ0n) is 15.2. The van der Waals surface area contributed by atoms with Crippen molar-refractivity contribution in [2.75, 3.05) is 5.32 Å². The first-order valence-electron chi connectivity index (χ1n) is 8.41. The number of fused-ring (bicyclic) bond motifs is 1. The lowest BCUT2D eigenvalue weighted by Crippen LogP contribution is -2.11. The maximum atomic E-state index is 13.1. The molecule has 0 amide bonds. The summed E-state index contributed by atoms with van der Waals surface area (Å²) in [6.07, 6.45) is -8.86. The summed E-state index contributed by atoms with van der Waals surface area (Å²) >= 11 is 0. The zero-order valence-corrected chi connectivity index (χ0v) is 15.2. The molecule has 3 aromatic rings. The topological polar surface area (TPSA) is 47.0 Å². The van der Waals surface area contributed by atoms with Crippen molar-refractivity contribution in [3.8, 4) is 5.75 Å². The average molecular weight is 415 g/mol. The number of halogens is 6. The SMILES string of the molecule is CC(C)Oc1ccc2ncnc(Nc3cc(C(F)(F)F)cc(C(F)(F)F)c3)c2c1. The van der Waals surface area contributed by atoms with Gasteiger partial charge < -0.3 is 10.1 Å². The van der Waals surface area contributed by atoms with Gasteiger partial charge in [-0.3, -0.25) is 0 Å². The number of ether oxygens (including phenoxy) is 1.